The molecule has 1 amide bonds. The number of alkyl carbamates (subject to hydrolysis) is 1. The van der Waals surface area contributed by atoms with Gasteiger partial charge in [-0.05, 0) is 52.7 Å². The Balaban J connectivity index is 1.64. The molecule has 2 aromatic rings. The van der Waals surface area contributed by atoms with Crippen molar-refractivity contribution in [3.63, 3.8) is 0 Å². The number of anilines is 1. The van der Waals surface area contributed by atoms with Gasteiger partial charge in [0.25, 0.3) is 6.43 Å². The number of alkyl halides is 2. The summed E-state index contributed by atoms with van der Waals surface area (Å²) in [6.07, 6.45) is -0.101. The summed E-state index contributed by atoms with van der Waals surface area (Å²) in [5, 5.41) is 7.30. The van der Waals surface area contributed by atoms with Crippen molar-refractivity contribution in [2.75, 3.05) is 11.9 Å². The van der Waals surface area contributed by atoms with Crippen LogP contribution in [0.15, 0.2) is 18.3 Å². The normalized spacial score (nSPS) is 19.0. The SMILES string of the molecule is CCOc1nc(C(F)F)cc2cnc(N[C@H]3C[C@H](NC(=O)OC(C)(C)C)C3)cc12. The van der Waals surface area contributed by atoms with Gasteiger partial charge in [0.1, 0.15) is 17.1 Å². The van der Waals surface area contributed by atoms with Gasteiger partial charge in [-0.3, -0.25) is 0 Å². The van der Waals surface area contributed by atoms with Crippen LogP contribution in [0.5, 0.6) is 5.88 Å². The molecule has 29 heavy (non-hydrogen) atoms. The second-order valence-electron chi connectivity index (χ2n) is 8.03. The molecule has 0 aliphatic heterocycles. The van der Waals surface area contributed by atoms with Crippen molar-refractivity contribution in [2.24, 2.45) is 0 Å². The fourth-order valence-corrected chi connectivity index (χ4v) is 3.11. The lowest BCUT2D eigenvalue weighted by atomic mass is 9.87. The van der Waals surface area contributed by atoms with Crippen LogP contribution in [-0.4, -0.2) is 40.4 Å². The predicted molar refractivity (Wildman–Crippen MR) is 105 cm³/mol. The minimum atomic E-state index is -2.68. The fourth-order valence-electron chi connectivity index (χ4n) is 3.11. The number of fused-ring (bicyclic) bond motifs is 1. The van der Waals surface area contributed by atoms with Crippen LogP contribution >= 0.6 is 0 Å². The topological polar surface area (TPSA) is 85.4 Å². The van der Waals surface area contributed by atoms with Gasteiger partial charge >= 0.3 is 6.09 Å². The molecule has 7 nitrogen and oxygen atoms in total. The van der Waals surface area contributed by atoms with Crippen molar-refractivity contribution >= 4 is 22.7 Å². The molecule has 2 aromatic heterocycles. The lowest BCUT2D eigenvalue weighted by molar-refractivity contribution is 0.0475. The molecule has 0 radical (unpaired) electrons. The molecule has 0 saturated heterocycles. The van der Waals surface area contributed by atoms with Gasteiger partial charge in [-0.1, -0.05) is 0 Å². The number of aromatic nitrogens is 2. The van der Waals surface area contributed by atoms with Crippen LogP contribution in [0, 0.1) is 0 Å². The maximum Gasteiger partial charge on any atom is 0.407 e. The van der Waals surface area contributed by atoms with Crippen LogP contribution in [0.1, 0.15) is 52.7 Å². The molecule has 2 heterocycles. The Kier molecular flexibility index (Phi) is 6.04. The van der Waals surface area contributed by atoms with E-state index in [2.05, 4.69) is 20.6 Å². The fraction of sp³-hybridized carbons (Fsp3) is 0.550. The molecular weight excluding hydrogens is 382 g/mol. The van der Waals surface area contributed by atoms with Crippen molar-refractivity contribution < 1.29 is 23.0 Å². The minimum Gasteiger partial charge on any atom is -0.478 e. The first-order chi connectivity index (χ1) is 13.6. The highest BCUT2D eigenvalue weighted by Gasteiger charge is 2.32. The van der Waals surface area contributed by atoms with E-state index in [0.717, 1.165) is 12.8 Å². The highest BCUT2D eigenvalue weighted by Crippen LogP contribution is 2.31. The Morgan fingerprint density at radius 1 is 1.28 bits per heavy atom. The highest BCUT2D eigenvalue weighted by molar-refractivity contribution is 5.88. The van der Waals surface area contributed by atoms with Gasteiger partial charge in [-0.15, -0.1) is 0 Å². The third kappa shape index (κ3) is 5.42. The third-order valence-corrected chi connectivity index (χ3v) is 4.41. The number of pyridine rings is 2. The van der Waals surface area contributed by atoms with Gasteiger partial charge in [0.2, 0.25) is 5.88 Å². The predicted octanol–water partition coefficient (Wildman–Crippen LogP) is 4.43. The Hall–Kier alpha value is -2.71. The Bertz CT molecular complexity index is 880. The number of carbonyl (C=O) groups excluding carboxylic acids is 1. The highest BCUT2D eigenvalue weighted by atomic mass is 19.3. The van der Waals surface area contributed by atoms with Crippen molar-refractivity contribution in [1.29, 1.82) is 0 Å². The number of nitrogens with one attached hydrogen (secondary N) is 2. The molecule has 3 rings (SSSR count). The monoisotopic (exact) mass is 408 g/mol. The van der Waals surface area contributed by atoms with Crippen LogP contribution in [0.3, 0.4) is 0 Å². The van der Waals surface area contributed by atoms with Gasteiger partial charge < -0.3 is 20.1 Å². The number of hydrogen-bond acceptors (Lipinski definition) is 6. The van der Waals surface area contributed by atoms with Gasteiger partial charge in [0, 0.05) is 29.1 Å². The number of ether oxygens (including phenoxy) is 2. The smallest absolute Gasteiger partial charge is 0.407 e. The van der Waals surface area contributed by atoms with E-state index in [4.69, 9.17) is 9.47 Å². The molecular formula is C20H26F2N4O3. The molecule has 0 unspecified atom stereocenters. The molecule has 158 valence electrons. The second kappa shape index (κ2) is 8.34. The molecule has 1 aliphatic carbocycles. The Labute approximate surface area is 168 Å². The summed E-state index contributed by atoms with van der Waals surface area (Å²) in [7, 11) is 0. The van der Waals surface area contributed by atoms with E-state index in [-0.39, 0.29) is 23.7 Å². The number of amides is 1. The van der Waals surface area contributed by atoms with Crippen LogP contribution in [0.4, 0.5) is 19.4 Å². The molecule has 1 aliphatic rings. The average molecular weight is 408 g/mol. The minimum absolute atomic E-state index is 0.0389. The van der Waals surface area contributed by atoms with E-state index in [1.165, 1.54) is 12.3 Å². The maximum atomic E-state index is 13.0. The van der Waals surface area contributed by atoms with Crippen molar-refractivity contribution in [1.82, 2.24) is 15.3 Å². The summed E-state index contributed by atoms with van der Waals surface area (Å²) in [4.78, 5) is 20.1. The molecule has 0 atom stereocenters. The van der Waals surface area contributed by atoms with Crippen LogP contribution in [-0.2, 0) is 4.74 Å². The van der Waals surface area contributed by atoms with E-state index in [1.807, 2.05) is 20.8 Å². The number of carbonyl (C=O) groups is 1. The maximum absolute atomic E-state index is 13.0. The Morgan fingerprint density at radius 3 is 2.62 bits per heavy atom. The Morgan fingerprint density at radius 2 is 2.00 bits per heavy atom. The van der Waals surface area contributed by atoms with Crippen molar-refractivity contribution in [3.8, 4) is 5.88 Å². The zero-order valence-electron chi connectivity index (χ0n) is 17.0. The lowest BCUT2D eigenvalue weighted by Crippen LogP contribution is -2.50. The summed E-state index contributed by atoms with van der Waals surface area (Å²) in [6, 6.07) is 3.25. The zero-order valence-corrected chi connectivity index (χ0v) is 17.0. The van der Waals surface area contributed by atoms with Gasteiger partial charge in [-0.2, -0.15) is 0 Å². The van der Waals surface area contributed by atoms with E-state index in [0.29, 0.717) is 23.2 Å². The van der Waals surface area contributed by atoms with E-state index < -0.39 is 18.1 Å². The molecule has 1 saturated carbocycles. The molecule has 1 fully saturated rings. The van der Waals surface area contributed by atoms with Crippen LogP contribution in [0.2, 0.25) is 0 Å². The molecule has 0 spiro atoms. The zero-order chi connectivity index (χ0) is 21.2. The van der Waals surface area contributed by atoms with Gasteiger partial charge in [0.15, 0.2) is 0 Å². The lowest BCUT2D eigenvalue weighted by Gasteiger charge is -2.36. The van der Waals surface area contributed by atoms with Gasteiger partial charge in [-0.25, -0.2) is 23.5 Å². The summed E-state index contributed by atoms with van der Waals surface area (Å²) in [6.45, 7) is 7.55. The number of nitrogens with zero attached hydrogens (tertiary/aromatic N) is 2. The standard InChI is InChI=1S/C20H26F2N4O3/c1-5-28-18-14-9-16(23-10-11(14)6-15(26-18)17(21)22)24-12-7-13(8-12)25-19(27)29-20(2,3)4/h6,9-10,12-13,17H,5,7-8H2,1-4H3,(H,23,24)(H,25,27)/t12-,13-. The third-order valence-electron chi connectivity index (χ3n) is 4.41. The van der Waals surface area contributed by atoms with E-state index >= 15 is 0 Å². The summed E-state index contributed by atoms with van der Waals surface area (Å²) >= 11 is 0. The second-order valence-corrected chi connectivity index (χ2v) is 8.03. The number of rotatable bonds is 6. The number of halogens is 2. The van der Waals surface area contributed by atoms with E-state index in [9.17, 15) is 13.6 Å². The van der Waals surface area contributed by atoms with Crippen LogP contribution < -0.4 is 15.4 Å². The quantitative estimate of drug-likeness (QED) is 0.735. The largest absolute Gasteiger partial charge is 0.478 e. The van der Waals surface area contributed by atoms with Gasteiger partial charge in [0.05, 0.1) is 6.61 Å². The summed E-state index contributed by atoms with van der Waals surface area (Å²) < 4.78 is 36.8. The first kappa shape index (κ1) is 21.0. The van der Waals surface area contributed by atoms with Crippen LogP contribution in [0.25, 0.3) is 10.8 Å². The van der Waals surface area contributed by atoms with E-state index in [1.54, 1.807) is 13.0 Å². The molecule has 2 N–H and O–H groups in total. The van der Waals surface area contributed by atoms with Crippen molar-refractivity contribution in [3.05, 3.63) is 24.0 Å². The van der Waals surface area contributed by atoms with Crippen molar-refractivity contribution in [2.45, 2.75) is 64.6 Å². The summed E-state index contributed by atoms with van der Waals surface area (Å²) in [5.41, 5.74) is -0.865. The number of hydrogen-bond donors (Lipinski definition) is 2. The first-order valence-corrected chi connectivity index (χ1v) is 9.62. The molecule has 9 heteroatoms. The average Bonchev–Trinajstić information content (AvgIpc) is 2.58. The molecule has 0 bridgehead atoms. The first-order valence-electron chi connectivity index (χ1n) is 9.62. The summed E-state index contributed by atoms with van der Waals surface area (Å²) in [5.74, 6) is 0.773. The molecule has 0 aromatic carbocycles.